The van der Waals surface area contributed by atoms with Crippen molar-refractivity contribution < 1.29 is 19.4 Å². The van der Waals surface area contributed by atoms with Crippen LogP contribution in [-0.2, 0) is 14.3 Å². The minimum atomic E-state index is -0.326. The number of oxime groups is 1. The number of nitrogens with zero attached hydrogens (tertiary/aromatic N) is 1. The Hall–Kier alpha value is -1.43. The van der Waals surface area contributed by atoms with Gasteiger partial charge in [0.2, 0.25) is 0 Å². The van der Waals surface area contributed by atoms with E-state index < -0.39 is 0 Å². The van der Waals surface area contributed by atoms with Crippen LogP contribution in [0.2, 0.25) is 0 Å². The summed E-state index contributed by atoms with van der Waals surface area (Å²) < 4.78 is 10.8. The van der Waals surface area contributed by atoms with Gasteiger partial charge in [-0.25, -0.2) is 0 Å². The summed E-state index contributed by atoms with van der Waals surface area (Å²) in [6.45, 7) is 5.97. The van der Waals surface area contributed by atoms with Gasteiger partial charge < -0.3 is 19.4 Å². The van der Waals surface area contributed by atoms with Gasteiger partial charge >= 0.3 is 0 Å². The molecular formula is C18H27NO4. The molecule has 5 heteroatoms. The first-order chi connectivity index (χ1) is 11.2. The fourth-order valence-corrected chi connectivity index (χ4v) is 2.89. The topological polar surface area (TPSA) is 60.3 Å². The lowest BCUT2D eigenvalue weighted by Crippen LogP contribution is -2.33. The zero-order valence-corrected chi connectivity index (χ0v) is 14.1. The van der Waals surface area contributed by atoms with Crippen molar-refractivity contribution in [1.82, 2.24) is 0 Å². The van der Waals surface area contributed by atoms with Crippen LogP contribution < -0.4 is 0 Å². The third-order valence-corrected chi connectivity index (χ3v) is 4.24. The van der Waals surface area contributed by atoms with Crippen LogP contribution in [0.1, 0.15) is 25.3 Å². The Morgan fingerprint density at radius 3 is 2.57 bits per heavy atom. The van der Waals surface area contributed by atoms with Gasteiger partial charge in [0.25, 0.3) is 0 Å². The largest absolute Gasteiger partial charge is 0.392 e. The Morgan fingerprint density at radius 1 is 1.22 bits per heavy atom. The summed E-state index contributed by atoms with van der Waals surface area (Å²) in [4.78, 5) is 5.50. The van der Waals surface area contributed by atoms with Crippen LogP contribution in [0.4, 0.5) is 0 Å². The number of aliphatic hydroxyl groups excluding tert-OH is 1. The third kappa shape index (κ3) is 4.53. The van der Waals surface area contributed by atoms with E-state index in [2.05, 4.69) is 31.1 Å². The highest BCUT2D eigenvalue weighted by Gasteiger charge is 2.39. The molecule has 5 nitrogen and oxygen atoms in total. The summed E-state index contributed by atoms with van der Waals surface area (Å²) >= 11 is 0. The molecule has 1 aliphatic rings. The van der Waals surface area contributed by atoms with Gasteiger partial charge in [-0.15, -0.1) is 0 Å². The molecule has 0 bridgehead atoms. The molecule has 0 aromatic heterocycles. The van der Waals surface area contributed by atoms with E-state index in [1.54, 1.807) is 7.11 Å². The van der Waals surface area contributed by atoms with E-state index in [1.165, 1.54) is 0 Å². The molecule has 0 spiro atoms. The Labute approximate surface area is 138 Å². The Balaban J connectivity index is 2.15. The summed E-state index contributed by atoms with van der Waals surface area (Å²) in [7, 11) is 1.66. The van der Waals surface area contributed by atoms with Gasteiger partial charge in [0, 0.05) is 13.0 Å². The minimum absolute atomic E-state index is 0.0281. The average molecular weight is 321 g/mol. The van der Waals surface area contributed by atoms with Crippen molar-refractivity contribution in [3.63, 3.8) is 0 Å². The molecule has 1 aromatic carbocycles. The van der Waals surface area contributed by atoms with Crippen LogP contribution in [0.25, 0.3) is 0 Å². The SMILES string of the molecule is COCCOC[C@H](C1=NO[C@@H](CO)[C@@H]1c1ccccc1)C(C)C. The van der Waals surface area contributed by atoms with E-state index in [1.807, 2.05) is 18.2 Å². The first-order valence-electron chi connectivity index (χ1n) is 8.15. The predicted molar refractivity (Wildman–Crippen MR) is 89.6 cm³/mol. The molecule has 0 saturated carbocycles. The van der Waals surface area contributed by atoms with Gasteiger partial charge in [0.15, 0.2) is 6.10 Å². The molecule has 0 aliphatic carbocycles. The zero-order valence-electron chi connectivity index (χ0n) is 14.1. The maximum atomic E-state index is 9.64. The van der Waals surface area contributed by atoms with E-state index in [0.717, 1.165) is 11.3 Å². The molecule has 0 saturated heterocycles. The highest BCUT2D eigenvalue weighted by molar-refractivity contribution is 5.94. The molecular weight excluding hydrogens is 294 g/mol. The monoisotopic (exact) mass is 321 g/mol. The molecule has 1 aliphatic heterocycles. The van der Waals surface area contributed by atoms with Gasteiger partial charge in [-0.1, -0.05) is 49.3 Å². The molecule has 1 N–H and O–H groups in total. The Bertz CT molecular complexity index is 489. The van der Waals surface area contributed by atoms with Crippen molar-refractivity contribution in [2.45, 2.75) is 25.9 Å². The van der Waals surface area contributed by atoms with Gasteiger partial charge in [-0.05, 0) is 11.5 Å². The van der Waals surface area contributed by atoms with E-state index in [4.69, 9.17) is 14.3 Å². The van der Waals surface area contributed by atoms with Crippen molar-refractivity contribution in [3.05, 3.63) is 35.9 Å². The summed E-state index contributed by atoms with van der Waals surface area (Å²) in [6, 6.07) is 10.1. The summed E-state index contributed by atoms with van der Waals surface area (Å²) in [5, 5.41) is 13.9. The molecule has 23 heavy (non-hydrogen) atoms. The first kappa shape index (κ1) is 17.9. The zero-order chi connectivity index (χ0) is 16.7. The molecule has 0 radical (unpaired) electrons. The van der Waals surface area contributed by atoms with Crippen LogP contribution in [-0.4, -0.2) is 50.5 Å². The number of methoxy groups -OCH3 is 1. The van der Waals surface area contributed by atoms with Gasteiger partial charge in [-0.2, -0.15) is 0 Å². The second-order valence-electron chi connectivity index (χ2n) is 6.15. The number of hydrogen-bond donors (Lipinski definition) is 1. The lowest BCUT2D eigenvalue weighted by molar-refractivity contribution is 0.0307. The van der Waals surface area contributed by atoms with Crippen molar-refractivity contribution in [2.24, 2.45) is 17.0 Å². The number of ether oxygens (including phenoxy) is 2. The van der Waals surface area contributed by atoms with E-state index in [0.29, 0.717) is 25.7 Å². The van der Waals surface area contributed by atoms with E-state index in [-0.39, 0.29) is 24.5 Å². The number of aliphatic hydroxyl groups is 1. The fraction of sp³-hybridized carbons (Fsp3) is 0.611. The molecule has 3 atom stereocenters. The van der Waals surface area contributed by atoms with Crippen molar-refractivity contribution >= 4 is 5.71 Å². The summed E-state index contributed by atoms with van der Waals surface area (Å²) in [5.74, 6) is 0.483. The second kappa shape index (κ2) is 9.01. The first-order valence-corrected chi connectivity index (χ1v) is 8.15. The van der Waals surface area contributed by atoms with Crippen molar-refractivity contribution in [3.8, 4) is 0 Å². The lowest BCUT2D eigenvalue weighted by atomic mass is 9.79. The van der Waals surface area contributed by atoms with Gasteiger partial charge in [-0.3, -0.25) is 0 Å². The molecule has 1 aromatic rings. The summed E-state index contributed by atoms with van der Waals surface area (Å²) in [6.07, 6.45) is -0.326. The van der Waals surface area contributed by atoms with E-state index in [9.17, 15) is 5.11 Å². The van der Waals surface area contributed by atoms with Crippen molar-refractivity contribution in [1.29, 1.82) is 0 Å². The maximum Gasteiger partial charge on any atom is 0.162 e. The number of rotatable bonds is 9. The molecule has 0 amide bonds. The predicted octanol–water partition coefficient (Wildman–Crippen LogP) is 2.45. The quantitative estimate of drug-likeness (QED) is 0.710. The summed E-state index contributed by atoms with van der Waals surface area (Å²) in [5.41, 5.74) is 2.08. The fourth-order valence-electron chi connectivity index (χ4n) is 2.89. The van der Waals surface area contributed by atoms with Crippen LogP contribution in [0.5, 0.6) is 0 Å². The van der Waals surface area contributed by atoms with E-state index >= 15 is 0 Å². The molecule has 2 rings (SSSR count). The second-order valence-corrected chi connectivity index (χ2v) is 6.15. The molecule has 1 heterocycles. The normalized spacial score (nSPS) is 22.0. The van der Waals surface area contributed by atoms with Crippen molar-refractivity contribution in [2.75, 3.05) is 33.5 Å². The molecule has 0 unspecified atom stereocenters. The maximum absolute atomic E-state index is 9.64. The Kier molecular flexibility index (Phi) is 7.02. The Morgan fingerprint density at radius 2 is 1.96 bits per heavy atom. The third-order valence-electron chi connectivity index (χ3n) is 4.24. The number of benzene rings is 1. The van der Waals surface area contributed by atoms with Gasteiger partial charge in [0.1, 0.15) is 0 Å². The van der Waals surface area contributed by atoms with Crippen LogP contribution in [0, 0.1) is 11.8 Å². The highest BCUT2D eigenvalue weighted by Crippen LogP contribution is 2.34. The van der Waals surface area contributed by atoms with Crippen LogP contribution in [0.15, 0.2) is 35.5 Å². The van der Waals surface area contributed by atoms with Gasteiger partial charge in [0.05, 0.1) is 38.1 Å². The minimum Gasteiger partial charge on any atom is -0.392 e. The highest BCUT2D eigenvalue weighted by atomic mass is 16.7. The number of hydrogen-bond acceptors (Lipinski definition) is 5. The van der Waals surface area contributed by atoms with Crippen LogP contribution in [0.3, 0.4) is 0 Å². The standard InChI is InChI=1S/C18H27NO4/c1-13(2)15(12-22-10-9-21-3)18-17(16(11-20)23-19-18)14-7-5-4-6-8-14/h4-8,13,15-17,20H,9-12H2,1-3H3/t15-,16-,17-/m0/s1. The average Bonchev–Trinajstić information content (AvgIpc) is 2.99. The lowest BCUT2D eigenvalue weighted by Gasteiger charge is -2.25. The van der Waals surface area contributed by atoms with Crippen LogP contribution >= 0.6 is 0 Å². The molecule has 0 fully saturated rings. The smallest absolute Gasteiger partial charge is 0.162 e. The molecule has 128 valence electrons.